The van der Waals surface area contributed by atoms with E-state index in [2.05, 4.69) is 21.6 Å². The van der Waals surface area contributed by atoms with Crippen LogP contribution in [0.2, 0.25) is 0 Å². The summed E-state index contributed by atoms with van der Waals surface area (Å²) in [5, 5.41) is 19.9. The van der Waals surface area contributed by atoms with Crippen molar-refractivity contribution in [2.75, 3.05) is 19.0 Å². The lowest BCUT2D eigenvalue weighted by Gasteiger charge is -2.24. The summed E-state index contributed by atoms with van der Waals surface area (Å²) in [5.74, 6) is 0.811. The van der Waals surface area contributed by atoms with Gasteiger partial charge in [0.2, 0.25) is 17.7 Å². The highest BCUT2D eigenvalue weighted by atomic mass is 16.5. The second kappa shape index (κ2) is 8.96. The van der Waals surface area contributed by atoms with E-state index >= 15 is 0 Å². The second-order valence-corrected chi connectivity index (χ2v) is 7.34. The number of nitrogens with zero attached hydrogens (tertiary/aromatic N) is 2. The van der Waals surface area contributed by atoms with Crippen LogP contribution in [-0.2, 0) is 4.79 Å². The number of ether oxygens (including phenoxy) is 3. The van der Waals surface area contributed by atoms with Gasteiger partial charge in [0.25, 0.3) is 0 Å². The molecule has 2 aromatic carbocycles. The van der Waals surface area contributed by atoms with Crippen molar-refractivity contribution >= 4 is 11.6 Å². The number of H-pyrrole nitrogens is 1. The van der Waals surface area contributed by atoms with Gasteiger partial charge < -0.3 is 25.3 Å². The Morgan fingerprint density at radius 3 is 2.67 bits per heavy atom. The largest absolute Gasteiger partial charge is 0.493 e. The highest BCUT2D eigenvalue weighted by molar-refractivity contribution is 5.88. The van der Waals surface area contributed by atoms with Crippen LogP contribution in [0.3, 0.4) is 0 Å². The van der Waals surface area contributed by atoms with E-state index in [1.165, 1.54) is 6.92 Å². The molecule has 1 amide bonds. The number of allylic oxidation sites excluding steroid dienone is 1. The van der Waals surface area contributed by atoms with E-state index in [-0.39, 0.29) is 17.4 Å². The molecule has 0 unspecified atom stereocenters. The van der Waals surface area contributed by atoms with E-state index in [0.717, 1.165) is 11.1 Å². The number of aromatic amines is 1. The average Bonchev–Trinajstić information content (AvgIpc) is 3.22. The Hall–Kier alpha value is -4.45. The molecule has 0 aliphatic carbocycles. The minimum Gasteiger partial charge on any atom is -0.493 e. The van der Waals surface area contributed by atoms with Crippen LogP contribution < -0.4 is 25.3 Å². The minimum absolute atomic E-state index is 0.00302. The molecule has 3 aromatic rings. The predicted octanol–water partition coefficient (Wildman–Crippen LogP) is 3.66. The molecule has 0 bridgehead atoms. The topological polar surface area (TPSA) is 135 Å². The molecule has 0 radical (unpaired) electrons. The number of aromatic nitrogens is 2. The Labute approximate surface area is 190 Å². The molecule has 0 spiro atoms. The third-order valence-corrected chi connectivity index (χ3v) is 5.26. The molecule has 9 heteroatoms. The van der Waals surface area contributed by atoms with E-state index in [9.17, 15) is 10.1 Å². The van der Waals surface area contributed by atoms with Crippen molar-refractivity contribution in [3.63, 3.8) is 0 Å². The van der Waals surface area contributed by atoms with Gasteiger partial charge in [-0.15, -0.1) is 5.10 Å². The number of nitrogens with one attached hydrogen (secondary N) is 2. The first kappa shape index (κ1) is 21.8. The Morgan fingerprint density at radius 2 is 2.03 bits per heavy atom. The highest BCUT2D eigenvalue weighted by Crippen LogP contribution is 2.46. The number of anilines is 1. The van der Waals surface area contributed by atoms with Crippen molar-refractivity contribution in [3.05, 3.63) is 65.0 Å². The first-order valence-corrected chi connectivity index (χ1v) is 10.3. The number of amides is 1. The summed E-state index contributed by atoms with van der Waals surface area (Å²) in [7, 11) is 1.57. The lowest BCUT2D eigenvalue weighted by Crippen LogP contribution is -2.21. The number of carbonyl (C=O) groups excluding carboxylic acids is 1. The van der Waals surface area contributed by atoms with Gasteiger partial charge in [0.15, 0.2) is 11.5 Å². The standard InChI is InChI=1S/C24H23N5O4/c1-4-32-18-10-7-15(11-19(18)31-3)22-21-20(14-5-8-16(9-6-14)27-13(2)30)17(12-25)23(26)33-24(21)29-28-22/h5-11,20H,4,26H2,1-3H3,(H,27,30)(H,28,29)/t20-/m0/s1. The molecule has 0 saturated heterocycles. The third kappa shape index (κ3) is 4.06. The summed E-state index contributed by atoms with van der Waals surface area (Å²) >= 11 is 0. The molecule has 168 valence electrons. The van der Waals surface area contributed by atoms with E-state index in [0.29, 0.717) is 40.9 Å². The van der Waals surface area contributed by atoms with Crippen LogP contribution in [0.25, 0.3) is 11.3 Å². The van der Waals surface area contributed by atoms with Crippen LogP contribution >= 0.6 is 0 Å². The van der Waals surface area contributed by atoms with Crippen LogP contribution in [0, 0.1) is 11.3 Å². The number of hydrogen-bond donors (Lipinski definition) is 3. The van der Waals surface area contributed by atoms with Gasteiger partial charge in [0, 0.05) is 18.2 Å². The van der Waals surface area contributed by atoms with Gasteiger partial charge in [0.1, 0.15) is 11.6 Å². The summed E-state index contributed by atoms with van der Waals surface area (Å²) in [6, 6.07) is 14.9. The number of nitriles is 1. The minimum atomic E-state index is -0.517. The Bertz CT molecular complexity index is 1270. The van der Waals surface area contributed by atoms with Crippen molar-refractivity contribution in [2.45, 2.75) is 19.8 Å². The molecule has 2 heterocycles. The first-order chi connectivity index (χ1) is 16.0. The van der Waals surface area contributed by atoms with E-state index < -0.39 is 5.92 Å². The molecule has 33 heavy (non-hydrogen) atoms. The number of benzene rings is 2. The summed E-state index contributed by atoms with van der Waals surface area (Å²) in [6.45, 7) is 3.85. The quantitative estimate of drug-likeness (QED) is 0.527. The molecule has 1 aromatic heterocycles. The molecule has 9 nitrogen and oxygen atoms in total. The van der Waals surface area contributed by atoms with Crippen LogP contribution in [0.5, 0.6) is 17.4 Å². The van der Waals surface area contributed by atoms with Gasteiger partial charge in [-0.05, 0) is 42.8 Å². The van der Waals surface area contributed by atoms with Gasteiger partial charge in [-0.1, -0.05) is 12.1 Å². The number of carbonyl (C=O) groups is 1. The van der Waals surface area contributed by atoms with Crippen molar-refractivity contribution < 1.29 is 19.0 Å². The zero-order valence-electron chi connectivity index (χ0n) is 18.4. The molecule has 1 atom stereocenters. The lowest BCUT2D eigenvalue weighted by atomic mass is 9.83. The zero-order valence-corrected chi connectivity index (χ0v) is 18.4. The summed E-state index contributed by atoms with van der Waals surface area (Å²) in [5.41, 5.74) is 9.92. The molecule has 1 aliphatic rings. The fourth-order valence-corrected chi connectivity index (χ4v) is 3.86. The molecular weight excluding hydrogens is 422 g/mol. The Kier molecular flexibility index (Phi) is 5.91. The van der Waals surface area contributed by atoms with Gasteiger partial charge in [-0.25, -0.2) is 0 Å². The summed E-state index contributed by atoms with van der Waals surface area (Å²) < 4.78 is 16.8. The maximum Gasteiger partial charge on any atom is 0.244 e. The number of rotatable bonds is 6. The molecule has 4 rings (SSSR count). The number of methoxy groups -OCH3 is 1. The van der Waals surface area contributed by atoms with E-state index in [4.69, 9.17) is 19.9 Å². The number of nitrogens with two attached hydrogens (primary N) is 1. The lowest BCUT2D eigenvalue weighted by molar-refractivity contribution is -0.114. The Balaban J connectivity index is 1.83. The van der Waals surface area contributed by atoms with Crippen molar-refractivity contribution in [1.29, 1.82) is 5.26 Å². The van der Waals surface area contributed by atoms with E-state index in [1.807, 2.05) is 37.3 Å². The summed E-state index contributed by atoms with van der Waals surface area (Å²) in [6.07, 6.45) is 0. The van der Waals surface area contributed by atoms with Crippen LogP contribution in [0.15, 0.2) is 53.9 Å². The molecule has 0 fully saturated rings. The van der Waals surface area contributed by atoms with E-state index in [1.54, 1.807) is 19.2 Å². The molecule has 4 N–H and O–H groups in total. The SMILES string of the molecule is CCOc1ccc(-c2[nH]nc3c2[C@@H](c2ccc(NC(C)=O)cc2)C(C#N)=C(N)O3)cc1OC. The normalized spacial score (nSPS) is 14.7. The predicted molar refractivity (Wildman–Crippen MR) is 122 cm³/mol. The average molecular weight is 445 g/mol. The van der Waals surface area contributed by atoms with Crippen LogP contribution in [-0.4, -0.2) is 29.8 Å². The fraction of sp³-hybridized carbons (Fsp3) is 0.208. The van der Waals surface area contributed by atoms with Crippen molar-refractivity contribution in [3.8, 4) is 34.7 Å². The molecular formula is C24H23N5O4. The van der Waals surface area contributed by atoms with Crippen molar-refractivity contribution in [2.24, 2.45) is 5.73 Å². The third-order valence-electron chi connectivity index (χ3n) is 5.26. The smallest absolute Gasteiger partial charge is 0.244 e. The number of hydrogen-bond acceptors (Lipinski definition) is 7. The highest BCUT2D eigenvalue weighted by Gasteiger charge is 2.35. The van der Waals surface area contributed by atoms with Gasteiger partial charge >= 0.3 is 0 Å². The van der Waals surface area contributed by atoms with Crippen molar-refractivity contribution in [1.82, 2.24) is 10.2 Å². The van der Waals surface area contributed by atoms with Gasteiger partial charge in [-0.2, -0.15) is 5.26 Å². The molecule has 1 aliphatic heterocycles. The number of fused-ring (bicyclic) bond motifs is 1. The van der Waals surface area contributed by atoms with Crippen LogP contribution in [0.4, 0.5) is 5.69 Å². The first-order valence-electron chi connectivity index (χ1n) is 10.3. The summed E-state index contributed by atoms with van der Waals surface area (Å²) in [4.78, 5) is 11.4. The maximum absolute atomic E-state index is 11.4. The van der Waals surface area contributed by atoms with Gasteiger partial charge in [-0.3, -0.25) is 9.89 Å². The zero-order chi connectivity index (χ0) is 23.5. The fourth-order valence-electron chi connectivity index (χ4n) is 3.86. The monoisotopic (exact) mass is 445 g/mol. The van der Waals surface area contributed by atoms with Gasteiger partial charge in [0.05, 0.1) is 30.9 Å². The van der Waals surface area contributed by atoms with Crippen LogP contribution in [0.1, 0.15) is 30.9 Å². The Morgan fingerprint density at radius 1 is 1.27 bits per heavy atom. The second-order valence-electron chi connectivity index (χ2n) is 7.34. The maximum atomic E-state index is 11.4. The molecule has 0 saturated carbocycles.